The molecule has 23 heavy (non-hydrogen) atoms. The van der Waals surface area contributed by atoms with E-state index in [4.69, 9.17) is 4.52 Å². The number of hydrogen-bond acceptors (Lipinski definition) is 7. The fraction of sp³-hybridized carbons (Fsp3) is 0.533. The molecule has 0 amide bonds. The summed E-state index contributed by atoms with van der Waals surface area (Å²) in [5, 5.41) is 12.2. The maximum Gasteiger partial charge on any atom is 0.270 e. The van der Waals surface area contributed by atoms with Gasteiger partial charge in [-0.05, 0) is 18.3 Å². The Balaban J connectivity index is 1.55. The molecule has 0 saturated heterocycles. The Bertz CT molecular complexity index is 823. The molecular formula is C15H18N6OS. The van der Waals surface area contributed by atoms with Crippen molar-refractivity contribution in [2.75, 3.05) is 0 Å². The molecule has 1 fully saturated rings. The highest BCUT2D eigenvalue weighted by Crippen LogP contribution is 2.38. The lowest BCUT2D eigenvalue weighted by atomic mass is 9.93. The first-order valence-corrected chi connectivity index (χ1v) is 8.51. The Morgan fingerprint density at radius 2 is 2.09 bits per heavy atom. The lowest BCUT2D eigenvalue weighted by molar-refractivity contribution is 0.410. The van der Waals surface area contributed by atoms with E-state index in [2.05, 4.69) is 51.1 Å². The molecule has 120 valence electrons. The molecule has 1 aliphatic carbocycles. The van der Waals surface area contributed by atoms with Crippen LogP contribution in [0.4, 0.5) is 0 Å². The van der Waals surface area contributed by atoms with Gasteiger partial charge >= 0.3 is 0 Å². The van der Waals surface area contributed by atoms with E-state index >= 15 is 0 Å². The van der Waals surface area contributed by atoms with Gasteiger partial charge in [-0.1, -0.05) is 25.9 Å². The summed E-state index contributed by atoms with van der Waals surface area (Å²) < 4.78 is 5.35. The van der Waals surface area contributed by atoms with Crippen molar-refractivity contribution in [3.05, 3.63) is 17.0 Å². The van der Waals surface area contributed by atoms with Crippen LogP contribution < -0.4 is 0 Å². The first-order chi connectivity index (χ1) is 11.0. The summed E-state index contributed by atoms with van der Waals surface area (Å²) >= 11 is 1.59. The van der Waals surface area contributed by atoms with Crippen LogP contribution in [0.25, 0.3) is 22.4 Å². The SMILES string of the molecule is CC(C)(C)Cc1ncc(-c2nc(-c3n[nH]c(C4CC4)n3)no2)s1. The van der Waals surface area contributed by atoms with Gasteiger partial charge in [-0.3, -0.25) is 5.10 Å². The Morgan fingerprint density at radius 3 is 2.83 bits per heavy atom. The van der Waals surface area contributed by atoms with Crippen molar-refractivity contribution < 1.29 is 4.52 Å². The lowest BCUT2D eigenvalue weighted by Gasteiger charge is -2.15. The summed E-state index contributed by atoms with van der Waals surface area (Å²) in [5.74, 6) is 2.80. The average molecular weight is 330 g/mol. The number of rotatable bonds is 4. The Morgan fingerprint density at radius 1 is 1.26 bits per heavy atom. The standard InChI is InChI=1S/C15H18N6OS/c1-15(2,3)6-10-16-7-9(23-10)14-18-13(21-22-14)12-17-11(19-20-12)8-4-5-8/h7-8H,4-6H2,1-3H3,(H,17,19,20). The highest BCUT2D eigenvalue weighted by molar-refractivity contribution is 7.15. The maximum absolute atomic E-state index is 5.35. The zero-order valence-electron chi connectivity index (χ0n) is 13.3. The maximum atomic E-state index is 5.35. The van der Waals surface area contributed by atoms with E-state index in [0.717, 1.165) is 22.1 Å². The quantitative estimate of drug-likeness (QED) is 0.787. The number of thiazole rings is 1. The van der Waals surface area contributed by atoms with Gasteiger partial charge in [-0.15, -0.1) is 16.4 Å². The predicted molar refractivity (Wildman–Crippen MR) is 85.9 cm³/mol. The minimum atomic E-state index is 0.202. The summed E-state index contributed by atoms with van der Waals surface area (Å²) in [6.45, 7) is 6.58. The smallest absolute Gasteiger partial charge is 0.270 e. The second-order valence-electron chi connectivity index (χ2n) is 7.10. The number of H-pyrrole nitrogens is 1. The minimum Gasteiger partial charge on any atom is -0.333 e. The molecule has 0 aromatic carbocycles. The molecule has 0 aliphatic heterocycles. The summed E-state index contributed by atoms with van der Waals surface area (Å²) in [6, 6.07) is 0. The van der Waals surface area contributed by atoms with Crippen molar-refractivity contribution in [3.8, 4) is 22.4 Å². The summed E-state index contributed by atoms with van der Waals surface area (Å²) in [4.78, 5) is 14.2. The Hall–Kier alpha value is -2.09. The van der Waals surface area contributed by atoms with E-state index < -0.39 is 0 Å². The van der Waals surface area contributed by atoms with Crippen molar-refractivity contribution >= 4 is 11.3 Å². The van der Waals surface area contributed by atoms with Crippen LogP contribution in [-0.4, -0.2) is 30.3 Å². The van der Waals surface area contributed by atoms with Gasteiger partial charge in [0.1, 0.15) is 10.7 Å². The molecule has 0 bridgehead atoms. The van der Waals surface area contributed by atoms with Gasteiger partial charge in [-0.25, -0.2) is 9.97 Å². The molecule has 0 spiro atoms. The predicted octanol–water partition coefficient (Wildman–Crippen LogP) is 3.44. The molecule has 3 aromatic heterocycles. The molecule has 0 radical (unpaired) electrons. The van der Waals surface area contributed by atoms with Gasteiger partial charge < -0.3 is 4.52 Å². The highest BCUT2D eigenvalue weighted by atomic mass is 32.1. The number of nitrogens with one attached hydrogen (secondary N) is 1. The third-order valence-corrected chi connectivity index (χ3v) is 4.52. The summed E-state index contributed by atoms with van der Waals surface area (Å²) in [6.07, 6.45) is 5.05. The van der Waals surface area contributed by atoms with Gasteiger partial charge in [0.05, 0.1) is 11.2 Å². The van der Waals surface area contributed by atoms with Crippen LogP contribution in [0.3, 0.4) is 0 Å². The third kappa shape index (κ3) is 3.17. The second-order valence-corrected chi connectivity index (χ2v) is 8.21. The molecule has 1 aliphatic rings. The van der Waals surface area contributed by atoms with Crippen molar-refractivity contribution in [1.29, 1.82) is 0 Å². The summed E-state index contributed by atoms with van der Waals surface area (Å²) in [5.41, 5.74) is 0.202. The van der Waals surface area contributed by atoms with Crippen LogP contribution in [0.1, 0.15) is 50.4 Å². The third-order valence-electron chi connectivity index (χ3n) is 3.54. The second kappa shape index (κ2) is 5.23. The summed E-state index contributed by atoms with van der Waals surface area (Å²) in [7, 11) is 0. The fourth-order valence-electron chi connectivity index (χ4n) is 2.27. The van der Waals surface area contributed by atoms with Crippen LogP contribution >= 0.6 is 11.3 Å². The largest absolute Gasteiger partial charge is 0.333 e. The van der Waals surface area contributed by atoms with Gasteiger partial charge in [0.15, 0.2) is 0 Å². The molecule has 1 N–H and O–H groups in total. The van der Waals surface area contributed by atoms with Crippen LogP contribution in [0.2, 0.25) is 0 Å². The molecule has 3 aromatic rings. The zero-order chi connectivity index (χ0) is 16.0. The molecule has 0 unspecified atom stereocenters. The first-order valence-electron chi connectivity index (χ1n) is 7.69. The Labute approximate surface area is 137 Å². The van der Waals surface area contributed by atoms with Crippen LogP contribution in [0.5, 0.6) is 0 Å². The van der Waals surface area contributed by atoms with E-state index in [1.165, 1.54) is 12.8 Å². The van der Waals surface area contributed by atoms with Crippen molar-refractivity contribution in [2.24, 2.45) is 5.41 Å². The van der Waals surface area contributed by atoms with E-state index in [-0.39, 0.29) is 5.41 Å². The van der Waals surface area contributed by atoms with E-state index in [1.807, 2.05) is 0 Å². The van der Waals surface area contributed by atoms with Crippen molar-refractivity contribution in [2.45, 2.75) is 46.0 Å². The van der Waals surface area contributed by atoms with Crippen molar-refractivity contribution in [3.63, 3.8) is 0 Å². The van der Waals surface area contributed by atoms with Crippen LogP contribution in [0.15, 0.2) is 10.7 Å². The molecule has 7 nitrogen and oxygen atoms in total. The van der Waals surface area contributed by atoms with Gasteiger partial charge in [0, 0.05) is 12.3 Å². The van der Waals surface area contributed by atoms with E-state index in [9.17, 15) is 0 Å². The molecular weight excluding hydrogens is 312 g/mol. The minimum absolute atomic E-state index is 0.202. The number of hydrogen-bond donors (Lipinski definition) is 1. The monoisotopic (exact) mass is 330 g/mol. The molecule has 0 atom stereocenters. The average Bonchev–Trinajstić information content (AvgIpc) is 2.93. The van der Waals surface area contributed by atoms with E-state index in [1.54, 1.807) is 17.5 Å². The number of aromatic amines is 1. The Kier molecular flexibility index (Phi) is 3.29. The van der Waals surface area contributed by atoms with Crippen LogP contribution in [-0.2, 0) is 6.42 Å². The van der Waals surface area contributed by atoms with Crippen LogP contribution in [0, 0.1) is 5.41 Å². The first kappa shape index (κ1) is 14.5. The van der Waals surface area contributed by atoms with Gasteiger partial charge in [0.25, 0.3) is 5.89 Å². The molecule has 1 saturated carbocycles. The van der Waals surface area contributed by atoms with Gasteiger partial charge in [0.2, 0.25) is 11.6 Å². The molecule has 3 heterocycles. The zero-order valence-corrected chi connectivity index (χ0v) is 14.1. The number of aromatic nitrogens is 6. The van der Waals surface area contributed by atoms with E-state index in [0.29, 0.717) is 23.5 Å². The van der Waals surface area contributed by atoms with Crippen molar-refractivity contribution in [1.82, 2.24) is 30.3 Å². The topological polar surface area (TPSA) is 93.4 Å². The fourth-order valence-corrected chi connectivity index (χ4v) is 3.41. The molecule has 4 rings (SSSR count). The normalized spacial score (nSPS) is 15.3. The molecule has 8 heteroatoms. The highest BCUT2D eigenvalue weighted by Gasteiger charge is 2.28. The number of nitrogens with zero attached hydrogens (tertiary/aromatic N) is 5. The lowest BCUT2D eigenvalue weighted by Crippen LogP contribution is -2.08. The van der Waals surface area contributed by atoms with Gasteiger partial charge in [-0.2, -0.15) is 4.98 Å².